The lowest BCUT2D eigenvalue weighted by atomic mass is 9.83. The zero-order valence-electron chi connectivity index (χ0n) is 18.5. The second kappa shape index (κ2) is 9.77. The van der Waals surface area contributed by atoms with Gasteiger partial charge in [-0.1, -0.05) is 35.9 Å². The predicted octanol–water partition coefficient (Wildman–Crippen LogP) is 3.07. The highest BCUT2D eigenvalue weighted by Crippen LogP contribution is 2.34. The molecule has 1 amide bonds. The number of hydrogen-bond acceptors (Lipinski definition) is 7. The van der Waals surface area contributed by atoms with E-state index >= 15 is 0 Å². The number of hydrogen-bond donors (Lipinski definition) is 0. The number of nitrogens with zero attached hydrogens (tertiary/aromatic N) is 1. The van der Waals surface area contributed by atoms with Crippen molar-refractivity contribution >= 4 is 41.0 Å². The van der Waals surface area contributed by atoms with Gasteiger partial charge in [-0.05, 0) is 31.9 Å². The van der Waals surface area contributed by atoms with Crippen LogP contribution in [-0.2, 0) is 19.1 Å². The van der Waals surface area contributed by atoms with E-state index in [1.54, 1.807) is 25.1 Å². The van der Waals surface area contributed by atoms with Crippen molar-refractivity contribution in [3.63, 3.8) is 0 Å². The summed E-state index contributed by atoms with van der Waals surface area (Å²) in [5.41, 5.74) is 0.463. The zero-order chi connectivity index (χ0) is 24.4. The SMILES string of the molecule is CCOC(=O)C1CCN(C(=O)COC(=O)c2ccc3c(c2Cl)C(=O)c2ccccc2C3=O)CC1. The molecule has 1 aliphatic carbocycles. The molecule has 1 fully saturated rings. The van der Waals surface area contributed by atoms with E-state index < -0.39 is 24.3 Å². The molecular formula is C25H22ClNO7. The number of rotatable bonds is 5. The lowest BCUT2D eigenvalue weighted by Crippen LogP contribution is -2.42. The third-order valence-corrected chi connectivity index (χ3v) is 6.44. The van der Waals surface area contributed by atoms with Crippen molar-refractivity contribution in [1.29, 1.82) is 0 Å². The van der Waals surface area contributed by atoms with Gasteiger partial charge in [-0.25, -0.2) is 4.79 Å². The first-order valence-electron chi connectivity index (χ1n) is 11.0. The van der Waals surface area contributed by atoms with Crippen LogP contribution < -0.4 is 0 Å². The monoisotopic (exact) mass is 483 g/mol. The molecule has 0 radical (unpaired) electrons. The van der Waals surface area contributed by atoms with Gasteiger partial charge >= 0.3 is 11.9 Å². The highest BCUT2D eigenvalue weighted by Gasteiger charge is 2.34. The van der Waals surface area contributed by atoms with E-state index in [1.165, 1.54) is 23.1 Å². The molecule has 8 nitrogen and oxygen atoms in total. The molecule has 2 aromatic rings. The van der Waals surface area contributed by atoms with E-state index in [-0.39, 0.29) is 50.5 Å². The number of carbonyl (C=O) groups excluding carboxylic acids is 5. The van der Waals surface area contributed by atoms with Gasteiger partial charge < -0.3 is 14.4 Å². The number of ketones is 2. The molecule has 34 heavy (non-hydrogen) atoms. The number of fused-ring (bicyclic) bond motifs is 2. The first-order chi connectivity index (χ1) is 16.3. The smallest absolute Gasteiger partial charge is 0.340 e. The average Bonchev–Trinajstić information content (AvgIpc) is 2.85. The summed E-state index contributed by atoms with van der Waals surface area (Å²) in [6, 6.07) is 9.09. The Morgan fingerprint density at radius 1 is 0.941 bits per heavy atom. The van der Waals surface area contributed by atoms with Gasteiger partial charge in [-0.3, -0.25) is 19.2 Å². The maximum absolute atomic E-state index is 13.0. The lowest BCUT2D eigenvalue weighted by Gasteiger charge is -2.30. The molecular weight excluding hydrogens is 462 g/mol. The van der Waals surface area contributed by atoms with Crippen LogP contribution >= 0.6 is 11.6 Å². The first-order valence-corrected chi connectivity index (χ1v) is 11.3. The Bertz CT molecular complexity index is 1200. The van der Waals surface area contributed by atoms with Gasteiger partial charge in [0.2, 0.25) is 0 Å². The lowest BCUT2D eigenvalue weighted by molar-refractivity contribution is -0.151. The molecule has 2 aliphatic rings. The van der Waals surface area contributed by atoms with Crippen molar-refractivity contribution in [2.45, 2.75) is 19.8 Å². The van der Waals surface area contributed by atoms with E-state index in [0.29, 0.717) is 32.5 Å². The van der Waals surface area contributed by atoms with Crippen molar-refractivity contribution in [1.82, 2.24) is 4.90 Å². The Morgan fingerprint density at radius 2 is 1.59 bits per heavy atom. The highest BCUT2D eigenvalue weighted by atomic mass is 35.5. The van der Waals surface area contributed by atoms with Crippen molar-refractivity contribution in [3.8, 4) is 0 Å². The molecule has 1 saturated heterocycles. The van der Waals surface area contributed by atoms with Crippen LogP contribution in [0, 0.1) is 5.92 Å². The number of ether oxygens (including phenoxy) is 2. The molecule has 4 rings (SSSR count). The van der Waals surface area contributed by atoms with Crippen LogP contribution in [0.15, 0.2) is 36.4 Å². The molecule has 0 unspecified atom stereocenters. The maximum atomic E-state index is 13.0. The van der Waals surface area contributed by atoms with E-state index in [2.05, 4.69) is 0 Å². The van der Waals surface area contributed by atoms with Gasteiger partial charge in [0, 0.05) is 29.8 Å². The molecule has 9 heteroatoms. The number of halogens is 1. The summed E-state index contributed by atoms with van der Waals surface area (Å²) in [5.74, 6) is -2.59. The van der Waals surface area contributed by atoms with Crippen molar-refractivity contribution in [3.05, 3.63) is 69.2 Å². The normalized spacial score (nSPS) is 15.4. The average molecular weight is 484 g/mol. The Labute approximate surface area is 200 Å². The molecule has 0 aromatic heterocycles. The summed E-state index contributed by atoms with van der Waals surface area (Å²) in [4.78, 5) is 64.2. The third kappa shape index (κ3) is 4.33. The Hall–Kier alpha value is -3.52. The summed E-state index contributed by atoms with van der Waals surface area (Å²) in [6.07, 6.45) is 0.958. The summed E-state index contributed by atoms with van der Waals surface area (Å²) in [7, 11) is 0. The first kappa shape index (κ1) is 23.6. The number of esters is 2. The number of carbonyl (C=O) groups is 5. The Morgan fingerprint density at radius 3 is 2.24 bits per heavy atom. The molecule has 0 bridgehead atoms. The number of amides is 1. The fourth-order valence-corrected chi connectivity index (χ4v) is 4.55. The molecule has 0 N–H and O–H groups in total. The fraction of sp³-hybridized carbons (Fsp3) is 0.320. The van der Waals surface area contributed by atoms with Crippen LogP contribution in [0.5, 0.6) is 0 Å². The van der Waals surface area contributed by atoms with Crippen molar-refractivity contribution in [2.75, 3.05) is 26.3 Å². The summed E-state index contributed by atoms with van der Waals surface area (Å²) in [5, 5.41) is -0.182. The highest BCUT2D eigenvalue weighted by molar-refractivity contribution is 6.41. The minimum absolute atomic E-state index is 0.0489. The number of benzene rings is 2. The second-order valence-corrected chi connectivity index (χ2v) is 8.41. The van der Waals surface area contributed by atoms with Gasteiger partial charge in [0.25, 0.3) is 5.91 Å². The van der Waals surface area contributed by atoms with Gasteiger partial charge in [0.15, 0.2) is 18.2 Å². The maximum Gasteiger partial charge on any atom is 0.340 e. The molecule has 1 heterocycles. The minimum atomic E-state index is -0.873. The van der Waals surface area contributed by atoms with Gasteiger partial charge in [-0.15, -0.1) is 0 Å². The van der Waals surface area contributed by atoms with Crippen LogP contribution in [0.3, 0.4) is 0 Å². The van der Waals surface area contributed by atoms with Crippen LogP contribution in [0.4, 0.5) is 0 Å². The quantitative estimate of drug-likeness (QED) is 0.513. The Balaban J connectivity index is 1.42. The molecule has 2 aromatic carbocycles. The number of piperidine rings is 1. The van der Waals surface area contributed by atoms with E-state index in [0.717, 1.165) is 0 Å². The standard InChI is InChI=1S/C25H22ClNO7/c1-2-33-24(31)14-9-11-27(12-10-14)19(28)13-34-25(32)18-8-7-17-20(21(18)26)23(30)16-6-4-3-5-15(16)22(17)29/h3-8,14H,2,9-13H2,1H3. The fourth-order valence-electron chi connectivity index (χ4n) is 4.22. The van der Waals surface area contributed by atoms with Crippen LogP contribution in [0.2, 0.25) is 5.02 Å². The number of likely N-dealkylation sites (tertiary alicyclic amines) is 1. The zero-order valence-corrected chi connectivity index (χ0v) is 19.2. The van der Waals surface area contributed by atoms with E-state index in [1.807, 2.05) is 0 Å². The van der Waals surface area contributed by atoms with E-state index in [4.69, 9.17) is 21.1 Å². The summed E-state index contributed by atoms with van der Waals surface area (Å²) in [6.45, 7) is 2.26. The van der Waals surface area contributed by atoms with Crippen LogP contribution in [0.1, 0.15) is 62.0 Å². The molecule has 0 spiro atoms. The summed E-state index contributed by atoms with van der Waals surface area (Å²) >= 11 is 6.37. The van der Waals surface area contributed by atoms with E-state index in [9.17, 15) is 24.0 Å². The van der Waals surface area contributed by atoms with Gasteiger partial charge in [0.1, 0.15) is 0 Å². The van der Waals surface area contributed by atoms with Gasteiger partial charge in [0.05, 0.1) is 28.7 Å². The molecule has 1 aliphatic heterocycles. The van der Waals surface area contributed by atoms with Crippen LogP contribution in [0.25, 0.3) is 0 Å². The minimum Gasteiger partial charge on any atom is -0.466 e. The molecule has 176 valence electrons. The predicted molar refractivity (Wildman–Crippen MR) is 121 cm³/mol. The second-order valence-electron chi connectivity index (χ2n) is 8.04. The van der Waals surface area contributed by atoms with Gasteiger partial charge in [-0.2, -0.15) is 0 Å². The third-order valence-electron chi connectivity index (χ3n) is 6.04. The van der Waals surface area contributed by atoms with Crippen molar-refractivity contribution < 1.29 is 33.4 Å². The van der Waals surface area contributed by atoms with Crippen LogP contribution in [-0.4, -0.2) is 60.6 Å². The summed E-state index contributed by atoms with van der Waals surface area (Å²) < 4.78 is 10.2. The largest absolute Gasteiger partial charge is 0.466 e. The Kier molecular flexibility index (Phi) is 6.79. The molecule has 0 atom stereocenters. The topological polar surface area (TPSA) is 107 Å². The molecule has 0 saturated carbocycles. The van der Waals surface area contributed by atoms with Crippen molar-refractivity contribution in [2.24, 2.45) is 5.92 Å².